The van der Waals surface area contributed by atoms with Gasteiger partial charge in [0.25, 0.3) is 0 Å². The van der Waals surface area contributed by atoms with E-state index in [4.69, 9.17) is 9.72 Å². The van der Waals surface area contributed by atoms with Crippen molar-refractivity contribution in [3.63, 3.8) is 0 Å². The molecule has 1 aliphatic heterocycles. The highest BCUT2D eigenvalue weighted by Crippen LogP contribution is 2.44. The Labute approximate surface area is 237 Å². The Morgan fingerprint density at radius 2 is 1.90 bits per heavy atom. The highest BCUT2D eigenvalue weighted by Gasteiger charge is 2.36. The summed E-state index contributed by atoms with van der Waals surface area (Å²) in [5, 5.41) is 6.26. The van der Waals surface area contributed by atoms with Crippen LogP contribution in [0, 0.1) is 0 Å². The van der Waals surface area contributed by atoms with Gasteiger partial charge in [-0.1, -0.05) is 30.9 Å². The number of aromatic nitrogens is 2. The van der Waals surface area contributed by atoms with E-state index < -0.39 is 0 Å². The molecule has 3 aromatic rings. The van der Waals surface area contributed by atoms with E-state index in [1.165, 1.54) is 17.3 Å². The normalized spacial score (nSPS) is 15.9. The van der Waals surface area contributed by atoms with Crippen LogP contribution >= 0.6 is 0 Å². The van der Waals surface area contributed by atoms with Gasteiger partial charge in [-0.15, -0.1) is 6.58 Å². The molecule has 2 heterocycles. The van der Waals surface area contributed by atoms with Crippen molar-refractivity contribution in [2.75, 3.05) is 68.3 Å². The molecule has 0 spiro atoms. The highest BCUT2D eigenvalue weighted by atomic mass is 16.5. The van der Waals surface area contributed by atoms with Gasteiger partial charge < -0.3 is 30.1 Å². The number of amides is 1. The van der Waals surface area contributed by atoms with E-state index in [-0.39, 0.29) is 17.9 Å². The SMILES string of the molecule is C=CCN1c2ccccc2C(c2ccnc(Nc3cc(NC(=O)C=C)c(N(C)CCN(C)C)cc3OC)n2)C1C. The summed E-state index contributed by atoms with van der Waals surface area (Å²) in [5.74, 6) is 0.831. The summed E-state index contributed by atoms with van der Waals surface area (Å²) in [6.45, 7) is 12.1. The van der Waals surface area contributed by atoms with Crippen molar-refractivity contribution in [2.45, 2.75) is 18.9 Å². The van der Waals surface area contributed by atoms with Crippen LogP contribution < -0.4 is 25.2 Å². The summed E-state index contributed by atoms with van der Waals surface area (Å²) in [4.78, 5) is 28.3. The van der Waals surface area contributed by atoms with E-state index in [9.17, 15) is 4.79 Å². The Morgan fingerprint density at radius 1 is 1.12 bits per heavy atom. The van der Waals surface area contributed by atoms with Gasteiger partial charge in [0.2, 0.25) is 11.9 Å². The molecule has 9 heteroatoms. The number of fused-ring (bicyclic) bond motifs is 1. The van der Waals surface area contributed by atoms with Gasteiger partial charge in [-0.05, 0) is 50.9 Å². The number of hydrogen-bond acceptors (Lipinski definition) is 8. The largest absolute Gasteiger partial charge is 0.494 e. The molecule has 0 aliphatic carbocycles. The molecular formula is C31H39N7O2. The molecule has 0 radical (unpaired) electrons. The van der Waals surface area contributed by atoms with E-state index in [2.05, 4.69) is 74.7 Å². The van der Waals surface area contributed by atoms with Gasteiger partial charge >= 0.3 is 0 Å². The lowest BCUT2D eigenvalue weighted by atomic mass is 9.92. The number of methoxy groups -OCH3 is 1. The van der Waals surface area contributed by atoms with E-state index in [0.29, 0.717) is 23.1 Å². The van der Waals surface area contributed by atoms with Gasteiger partial charge in [0.05, 0.1) is 29.9 Å². The van der Waals surface area contributed by atoms with Crippen LogP contribution in [-0.2, 0) is 4.79 Å². The summed E-state index contributed by atoms with van der Waals surface area (Å²) >= 11 is 0. The zero-order valence-corrected chi connectivity index (χ0v) is 24.0. The van der Waals surface area contributed by atoms with E-state index in [0.717, 1.165) is 31.0 Å². The van der Waals surface area contributed by atoms with E-state index in [1.807, 2.05) is 45.4 Å². The minimum Gasteiger partial charge on any atom is -0.494 e. The Hall–Kier alpha value is -4.37. The van der Waals surface area contributed by atoms with Crippen LogP contribution in [0.25, 0.3) is 0 Å². The Morgan fingerprint density at radius 3 is 2.60 bits per heavy atom. The lowest BCUT2D eigenvalue weighted by Crippen LogP contribution is -2.32. The summed E-state index contributed by atoms with van der Waals surface area (Å²) < 4.78 is 5.75. The Balaban J connectivity index is 1.69. The fraction of sp³-hybridized carbons (Fsp3) is 0.323. The van der Waals surface area contributed by atoms with Crippen LogP contribution in [0.5, 0.6) is 5.75 Å². The van der Waals surface area contributed by atoms with E-state index in [1.54, 1.807) is 13.3 Å². The minimum absolute atomic E-state index is 0.0803. The van der Waals surface area contributed by atoms with Crippen LogP contribution in [0.1, 0.15) is 24.1 Å². The van der Waals surface area contributed by atoms with Gasteiger partial charge in [-0.25, -0.2) is 9.97 Å². The summed E-state index contributed by atoms with van der Waals surface area (Å²) in [6.07, 6.45) is 4.95. The first-order valence-electron chi connectivity index (χ1n) is 13.3. The number of para-hydroxylation sites is 1. The maximum absolute atomic E-state index is 12.3. The van der Waals surface area contributed by atoms with Crippen molar-refractivity contribution in [3.8, 4) is 5.75 Å². The van der Waals surface area contributed by atoms with Crippen molar-refractivity contribution in [3.05, 3.63) is 85.2 Å². The molecule has 2 unspecified atom stereocenters. The zero-order chi connectivity index (χ0) is 28.8. The number of likely N-dealkylation sites (N-methyl/N-ethyl adjacent to an activating group) is 2. The van der Waals surface area contributed by atoms with Gasteiger partial charge in [0, 0.05) is 56.6 Å². The number of hydrogen-bond donors (Lipinski definition) is 2. The molecule has 210 valence electrons. The molecule has 2 N–H and O–H groups in total. The lowest BCUT2D eigenvalue weighted by molar-refractivity contribution is -0.111. The number of nitrogens with zero attached hydrogens (tertiary/aromatic N) is 5. The third-order valence-corrected chi connectivity index (χ3v) is 7.18. The van der Waals surface area contributed by atoms with Crippen molar-refractivity contribution in [1.82, 2.24) is 14.9 Å². The number of carbonyl (C=O) groups is 1. The number of anilines is 5. The smallest absolute Gasteiger partial charge is 0.247 e. The maximum Gasteiger partial charge on any atom is 0.247 e. The maximum atomic E-state index is 12.3. The molecule has 1 aliphatic rings. The standard InChI is InChI=1S/C31H39N7O2/c1-8-16-38-21(3)30(22-12-10-11-13-26(22)38)23-14-15-32-31(34-23)35-25-19-24(33-29(39)9-2)27(20-28(25)40-7)37(6)18-17-36(4)5/h8-15,19-21,30H,1-2,16-18H2,3-7H3,(H,33,39)(H,32,34,35). The molecule has 0 fully saturated rings. The highest BCUT2D eigenvalue weighted by molar-refractivity contribution is 6.02. The van der Waals surface area contributed by atoms with Crippen molar-refractivity contribution in [2.24, 2.45) is 0 Å². The van der Waals surface area contributed by atoms with Crippen molar-refractivity contribution >= 4 is 34.6 Å². The second-order valence-corrected chi connectivity index (χ2v) is 10.1. The van der Waals surface area contributed by atoms with Gasteiger partial charge in [-0.3, -0.25) is 4.79 Å². The molecule has 1 aromatic heterocycles. The second kappa shape index (κ2) is 12.7. The third-order valence-electron chi connectivity index (χ3n) is 7.18. The average Bonchev–Trinajstić information content (AvgIpc) is 3.23. The molecule has 2 atom stereocenters. The van der Waals surface area contributed by atoms with Crippen molar-refractivity contribution < 1.29 is 9.53 Å². The summed E-state index contributed by atoms with van der Waals surface area (Å²) in [6, 6.07) is 14.4. The first-order chi connectivity index (χ1) is 19.3. The van der Waals surface area contributed by atoms with Crippen LogP contribution in [0.15, 0.2) is 74.0 Å². The number of nitrogens with one attached hydrogen (secondary N) is 2. The second-order valence-electron chi connectivity index (χ2n) is 10.1. The molecule has 0 bridgehead atoms. The van der Waals surface area contributed by atoms with Crippen molar-refractivity contribution in [1.29, 1.82) is 0 Å². The molecule has 9 nitrogen and oxygen atoms in total. The third kappa shape index (κ3) is 6.10. The molecule has 0 saturated carbocycles. The van der Waals surface area contributed by atoms with Gasteiger partial charge in [0.1, 0.15) is 5.75 Å². The van der Waals surface area contributed by atoms with Gasteiger partial charge in [-0.2, -0.15) is 0 Å². The zero-order valence-electron chi connectivity index (χ0n) is 24.0. The number of benzene rings is 2. The monoisotopic (exact) mass is 541 g/mol. The van der Waals surface area contributed by atoms with Crippen LogP contribution in [-0.4, -0.2) is 74.7 Å². The molecule has 1 amide bonds. The number of rotatable bonds is 12. The predicted molar refractivity (Wildman–Crippen MR) is 164 cm³/mol. The quantitative estimate of drug-likeness (QED) is 0.248. The fourth-order valence-corrected chi connectivity index (χ4v) is 5.11. The molecule has 4 rings (SSSR count). The Kier molecular flexibility index (Phi) is 9.06. The molecular weight excluding hydrogens is 502 g/mol. The summed E-state index contributed by atoms with van der Waals surface area (Å²) in [5.41, 5.74) is 5.45. The molecule has 0 saturated heterocycles. The topological polar surface area (TPSA) is 85.9 Å². The minimum atomic E-state index is -0.297. The van der Waals surface area contributed by atoms with Crippen LogP contribution in [0.2, 0.25) is 0 Å². The van der Waals surface area contributed by atoms with Crippen LogP contribution in [0.4, 0.5) is 28.7 Å². The average molecular weight is 542 g/mol. The number of ether oxygens (including phenoxy) is 1. The fourth-order valence-electron chi connectivity index (χ4n) is 5.11. The first kappa shape index (κ1) is 28.6. The first-order valence-corrected chi connectivity index (χ1v) is 13.3. The lowest BCUT2D eigenvalue weighted by Gasteiger charge is -2.26. The van der Waals surface area contributed by atoms with Gasteiger partial charge in [0.15, 0.2) is 0 Å². The molecule has 2 aromatic carbocycles. The van der Waals surface area contributed by atoms with E-state index >= 15 is 0 Å². The molecule has 40 heavy (non-hydrogen) atoms. The van der Waals surface area contributed by atoms with Crippen LogP contribution in [0.3, 0.4) is 0 Å². The summed E-state index contributed by atoms with van der Waals surface area (Å²) in [7, 11) is 7.65. The predicted octanol–water partition coefficient (Wildman–Crippen LogP) is 4.88. The Bertz CT molecular complexity index is 1370. The number of carbonyl (C=O) groups excluding carboxylic acids is 1.